The van der Waals surface area contributed by atoms with Crippen LogP contribution >= 0.6 is 0 Å². The van der Waals surface area contributed by atoms with E-state index in [0.717, 1.165) is 0 Å². The van der Waals surface area contributed by atoms with Gasteiger partial charge in [-0.2, -0.15) is 0 Å². The lowest BCUT2D eigenvalue weighted by Crippen LogP contribution is -2.09. The molecule has 0 aliphatic carbocycles. The van der Waals surface area contributed by atoms with Crippen molar-refractivity contribution in [1.29, 1.82) is 0 Å². The second-order valence-electron chi connectivity index (χ2n) is 4.63. The molecule has 4 N–H and O–H groups in total. The van der Waals surface area contributed by atoms with Crippen molar-refractivity contribution in [1.82, 2.24) is 0 Å². The molecule has 7 nitrogen and oxygen atoms in total. The van der Waals surface area contributed by atoms with Crippen LogP contribution in [0.15, 0.2) is 48.5 Å². The number of phenolic OH excluding ortho intramolecular Hbond substituents is 2. The summed E-state index contributed by atoms with van der Waals surface area (Å²) in [6.07, 6.45) is -1.14. The minimum Gasteiger partial charge on any atom is -0.504 e. The van der Waals surface area contributed by atoms with Gasteiger partial charge in [0, 0.05) is 12.5 Å². The van der Waals surface area contributed by atoms with E-state index in [0.29, 0.717) is 5.56 Å². The van der Waals surface area contributed by atoms with Gasteiger partial charge in [-0.05, 0) is 17.7 Å². The summed E-state index contributed by atoms with van der Waals surface area (Å²) in [7, 11) is 0. The SMILES string of the molecule is CCC(=O)Oc1ccc(O)c(O)c1.O=C(O)C(O)c1ccccc1. The van der Waals surface area contributed by atoms with Gasteiger partial charge in [-0.15, -0.1) is 0 Å². The molecule has 2 aromatic rings. The number of aliphatic hydroxyl groups excluding tert-OH is 1. The molecule has 7 heteroatoms. The van der Waals surface area contributed by atoms with E-state index in [1.807, 2.05) is 0 Å². The molecule has 0 heterocycles. The monoisotopic (exact) mass is 334 g/mol. The lowest BCUT2D eigenvalue weighted by Gasteiger charge is -2.03. The summed E-state index contributed by atoms with van der Waals surface area (Å²) in [6.45, 7) is 1.67. The van der Waals surface area contributed by atoms with Gasteiger partial charge in [0.05, 0.1) is 0 Å². The number of esters is 1. The molecular weight excluding hydrogens is 316 g/mol. The fraction of sp³-hybridized carbons (Fsp3) is 0.176. The summed E-state index contributed by atoms with van der Waals surface area (Å²) in [5, 5.41) is 35.4. The van der Waals surface area contributed by atoms with Crippen LogP contribution in [0.2, 0.25) is 0 Å². The number of carboxylic acids is 1. The van der Waals surface area contributed by atoms with E-state index < -0.39 is 12.1 Å². The fourth-order valence-electron chi connectivity index (χ4n) is 1.55. The van der Waals surface area contributed by atoms with Crippen molar-refractivity contribution >= 4 is 11.9 Å². The average Bonchev–Trinajstić information content (AvgIpc) is 2.58. The minimum atomic E-state index is -1.41. The van der Waals surface area contributed by atoms with E-state index in [4.69, 9.17) is 25.2 Å². The largest absolute Gasteiger partial charge is 0.504 e. The number of carboxylic acid groups (broad SMARTS) is 1. The Balaban J connectivity index is 0.000000243. The minimum absolute atomic E-state index is 0.224. The van der Waals surface area contributed by atoms with Crippen LogP contribution in [0.3, 0.4) is 0 Å². The molecular formula is C17H18O7. The normalized spacial score (nSPS) is 10.9. The number of hydrogen-bond donors (Lipinski definition) is 4. The first-order valence-corrected chi connectivity index (χ1v) is 7.03. The maximum absolute atomic E-state index is 10.8. The molecule has 0 amide bonds. The van der Waals surface area contributed by atoms with Gasteiger partial charge in [-0.25, -0.2) is 4.79 Å². The third-order valence-corrected chi connectivity index (χ3v) is 2.82. The molecule has 0 saturated heterocycles. The molecule has 0 aliphatic heterocycles. The second kappa shape index (κ2) is 9.16. The molecule has 0 radical (unpaired) electrons. The van der Waals surface area contributed by atoms with Crippen molar-refractivity contribution in [2.24, 2.45) is 0 Å². The van der Waals surface area contributed by atoms with Crippen LogP contribution in [0.5, 0.6) is 17.2 Å². The smallest absolute Gasteiger partial charge is 0.337 e. The molecule has 24 heavy (non-hydrogen) atoms. The highest BCUT2D eigenvalue weighted by atomic mass is 16.5. The zero-order valence-corrected chi connectivity index (χ0v) is 12.9. The van der Waals surface area contributed by atoms with Gasteiger partial charge in [-0.3, -0.25) is 4.79 Å². The number of phenols is 2. The number of carbonyl (C=O) groups is 2. The van der Waals surface area contributed by atoms with Crippen LogP contribution in [0.1, 0.15) is 25.0 Å². The van der Waals surface area contributed by atoms with E-state index >= 15 is 0 Å². The number of rotatable bonds is 4. The van der Waals surface area contributed by atoms with Gasteiger partial charge >= 0.3 is 11.9 Å². The van der Waals surface area contributed by atoms with Crippen molar-refractivity contribution in [3.05, 3.63) is 54.1 Å². The van der Waals surface area contributed by atoms with Crippen molar-refractivity contribution in [3.63, 3.8) is 0 Å². The Morgan fingerprint density at radius 1 is 1.04 bits per heavy atom. The van der Waals surface area contributed by atoms with Gasteiger partial charge in [0.1, 0.15) is 5.75 Å². The van der Waals surface area contributed by atoms with Crippen LogP contribution in [0.4, 0.5) is 0 Å². The van der Waals surface area contributed by atoms with Crippen LogP contribution in [0.25, 0.3) is 0 Å². The van der Waals surface area contributed by atoms with Crippen molar-refractivity contribution in [2.75, 3.05) is 0 Å². The first-order valence-electron chi connectivity index (χ1n) is 7.03. The van der Waals surface area contributed by atoms with Gasteiger partial charge in [-0.1, -0.05) is 37.3 Å². The molecule has 0 saturated carbocycles. The average molecular weight is 334 g/mol. The summed E-state index contributed by atoms with van der Waals surface area (Å²) >= 11 is 0. The van der Waals surface area contributed by atoms with Crippen LogP contribution in [-0.2, 0) is 9.59 Å². The molecule has 0 spiro atoms. The highest BCUT2D eigenvalue weighted by Crippen LogP contribution is 2.28. The van der Waals surface area contributed by atoms with E-state index in [9.17, 15) is 9.59 Å². The van der Waals surface area contributed by atoms with Crippen molar-refractivity contribution in [2.45, 2.75) is 19.4 Å². The number of hydrogen-bond acceptors (Lipinski definition) is 6. The molecule has 0 aliphatic rings. The van der Waals surface area contributed by atoms with Crippen molar-refractivity contribution < 1.29 is 34.8 Å². The summed E-state index contributed by atoms with van der Waals surface area (Å²) in [5.74, 6) is -1.93. The third kappa shape index (κ3) is 5.98. The predicted octanol–water partition coefficient (Wildman–Crippen LogP) is 2.22. The zero-order valence-electron chi connectivity index (χ0n) is 12.9. The second-order valence-corrected chi connectivity index (χ2v) is 4.63. The number of aliphatic carboxylic acids is 1. The Bertz CT molecular complexity index is 683. The van der Waals surface area contributed by atoms with Gasteiger partial charge in [0.25, 0.3) is 0 Å². The summed E-state index contributed by atoms with van der Waals surface area (Å²) in [6, 6.07) is 12.1. The quantitative estimate of drug-likeness (QED) is 0.384. The number of carbonyl (C=O) groups excluding carboxylic acids is 1. The number of aliphatic hydroxyl groups is 1. The van der Waals surface area contributed by atoms with Crippen LogP contribution < -0.4 is 4.74 Å². The first kappa shape index (κ1) is 19.0. The van der Waals surface area contributed by atoms with E-state index in [1.165, 1.54) is 18.2 Å². The molecule has 128 valence electrons. The molecule has 1 unspecified atom stereocenters. The first-order chi connectivity index (χ1) is 11.3. The molecule has 0 aromatic heterocycles. The topological polar surface area (TPSA) is 124 Å². The Labute approximate surface area is 138 Å². The Kier molecular flexibility index (Phi) is 7.25. The van der Waals surface area contributed by atoms with Crippen molar-refractivity contribution in [3.8, 4) is 17.2 Å². The molecule has 0 fully saturated rings. The van der Waals surface area contributed by atoms with Crippen LogP contribution in [-0.4, -0.2) is 32.4 Å². The Morgan fingerprint density at radius 2 is 1.67 bits per heavy atom. The molecule has 1 atom stereocenters. The summed E-state index contributed by atoms with van der Waals surface area (Å²) < 4.78 is 4.79. The molecule has 0 bridgehead atoms. The lowest BCUT2D eigenvalue weighted by molar-refractivity contribution is -0.147. The lowest BCUT2D eigenvalue weighted by atomic mass is 10.1. The van der Waals surface area contributed by atoms with Gasteiger partial charge in [0.2, 0.25) is 0 Å². The van der Waals surface area contributed by atoms with Gasteiger partial charge in [0.15, 0.2) is 17.6 Å². The Morgan fingerprint density at radius 3 is 2.17 bits per heavy atom. The van der Waals surface area contributed by atoms with E-state index in [-0.39, 0.29) is 29.6 Å². The number of aromatic hydroxyl groups is 2. The maximum atomic E-state index is 10.8. The van der Waals surface area contributed by atoms with E-state index in [1.54, 1.807) is 37.3 Å². The highest BCUT2D eigenvalue weighted by Gasteiger charge is 2.14. The summed E-state index contributed by atoms with van der Waals surface area (Å²) in [4.78, 5) is 21.1. The predicted molar refractivity (Wildman–Crippen MR) is 84.7 cm³/mol. The fourth-order valence-corrected chi connectivity index (χ4v) is 1.55. The standard InChI is InChI=1S/C9H10O4.C8H8O3/c1-2-9(12)13-6-3-4-7(10)8(11)5-6;9-7(8(10)11)6-4-2-1-3-5-6/h3-5,10-11H,2H2,1H3;1-5,7,9H,(H,10,11). The number of ether oxygens (including phenoxy) is 1. The Hall–Kier alpha value is -3.06. The third-order valence-electron chi connectivity index (χ3n) is 2.82. The van der Waals surface area contributed by atoms with E-state index in [2.05, 4.69) is 0 Å². The molecule has 2 aromatic carbocycles. The zero-order chi connectivity index (χ0) is 18.1. The summed E-state index contributed by atoms with van der Waals surface area (Å²) in [5.41, 5.74) is 0.403. The van der Waals surface area contributed by atoms with Crippen LogP contribution in [0, 0.1) is 0 Å². The maximum Gasteiger partial charge on any atom is 0.337 e. The highest BCUT2D eigenvalue weighted by molar-refractivity contribution is 5.74. The number of benzene rings is 2. The van der Waals surface area contributed by atoms with Gasteiger partial charge < -0.3 is 25.2 Å². The molecule has 2 rings (SSSR count).